The summed E-state index contributed by atoms with van der Waals surface area (Å²) in [6.45, 7) is 3.13. The first kappa shape index (κ1) is 35.9. The molecule has 0 radical (unpaired) electrons. The summed E-state index contributed by atoms with van der Waals surface area (Å²) < 4.78 is 221. The largest absolute Gasteiger partial charge is 0.384 e. The number of unbranched alkanes of at least 4 members (excludes halogenated alkanes) is 7. The topological polar surface area (TPSA) is 0 Å². The second-order valence-electron chi connectivity index (χ2n) is 8.83. The van der Waals surface area contributed by atoms with Gasteiger partial charge in [0.2, 0.25) is 0 Å². The summed E-state index contributed by atoms with van der Waals surface area (Å²) in [5, 5.41) is 0. The fraction of sp³-hybridized carbons (Fsp3) is 1.00. The van der Waals surface area contributed by atoms with E-state index in [9.17, 15) is 70.2 Å². The standard InChI is InChI=1S/C21H28F16/c1-3-5-7-9-11-13-15(24,25)17(28,29)19(32,33)21(36,37)20(34,35)18(30,31)16(26,27)14(22,23)12-10-8-6-4-2/h3-13H2,1-2H3. The van der Waals surface area contributed by atoms with Crippen LogP contribution in [0, 0.1) is 0 Å². The molecule has 0 aliphatic rings. The van der Waals surface area contributed by atoms with Crippen molar-refractivity contribution in [3.8, 4) is 0 Å². The number of halogens is 16. The number of hydrogen-bond acceptors (Lipinski definition) is 0. The summed E-state index contributed by atoms with van der Waals surface area (Å²) in [6, 6.07) is 0. The van der Waals surface area contributed by atoms with E-state index in [4.69, 9.17) is 0 Å². The van der Waals surface area contributed by atoms with Crippen LogP contribution in [0.15, 0.2) is 0 Å². The van der Waals surface area contributed by atoms with Gasteiger partial charge in [-0.05, 0) is 12.8 Å². The van der Waals surface area contributed by atoms with Gasteiger partial charge in [0, 0.05) is 12.8 Å². The number of rotatable bonds is 18. The van der Waals surface area contributed by atoms with Crippen LogP contribution in [0.3, 0.4) is 0 Å². The summed E-state index contributed by atoms with van der Waals surface area (Å²) in [4.78, 5) is 0. The zero-order valence-electron chi connectivity index (χ0n) is 19.8. The highest BCUT2D eigenvalue weighted by atomic mass is 19.4. The maximum Gasteiger partial charge on any atom is 0.384 e. The van der Waals surface area contributed by atoms with Gasteiger partial charge < -0.3 is 0 Å². The zero-order valence-corrected chi connectivity index (χ0v) is 19.8. The molecule has 0 aliphatic carbocycles. The van der Waals surface area contributed by atoms with Crippen molar-refractivity contribution in [2.24, 2.45) is 0 Å². The average molecular weight is 584 g/mol. The fourth-order valence-electron chi connectivity index (χ4n) is 3.29. The Morgan fingerprint density at radius 1 is 0.297 bits per heavy atom. The van der Waals surface area contributed by atoms with E-state index in [0.29, 0.717) is 19.3 Å². The van der Waals surface area contributed by atoms with Gasteiger partial charge in [-0.25, -0.2) is 0 Å². The second kappa shape index (κ2) is 12.0. The van der Waals surface area contributed by atoms with E-state index in [1.54, 1.807) is 6.92 Å². The van der Waals surface area contributed by atoms with Gasteiger partial charge in [-0.2, -0.15) is 70.2 Å². The molecule has 224 valence electrons. The molecule has 37 heavy (non-hydrogen) atoms. The lowest BCUT2D eigenvalue weighted by Gasteiger charge is -2.43. The Hall–Kier alpha value is -1.12. The predicted molar refractivity (Wildman–Crippen MR) is 102 cm³/mol. The maximum absolute atomic E-state index is 13.9. The van der Waals surface area contributed by atoms with Crippen LogP contribution in [0.4, 0.5) is 70.2 Å². The Labute approximate surface area is 203 Å². The molecule has 0 bridgehead atoms. The van der Waals surface area contributed by atoms with Crippen molar-refractivity contribution < 1.29 is 70.2 Å². The molecule has 0 amide bonds. The molecule has 0 aromatic rings. The van der Waals surface area contributed by atoms with Crippen molar-refractivity contribution in [3.05, 3.63) is 0 Å². The van der Waals surface area contributed by atoms with E-state index >= 15 is 0 Å². The van der Waals surface area contributed by atoms with E-state index in [2.05, 4.69) is 0 Å². The molecule has 0 saturated carbocycles. The minimum absolute atomic E-state index is 0.0837. The van der Waals surface area contributed by atoms with Crippen LogP contribution in [0.2, 0.25) is 0 Å². The highest BCUT2D eigenvalue weighted by Crippen LogP contribution is 2.64. The van der Waals surface area contributed by atoms with E-state index < -0.39 is 73.1 Å². The van der Waals surface area contributed by atoms with E-state index in [-0.39, 0.29) is 25.7 Å². The molecule has 0 aromatic heterocycles. The number of alkyl halides is 16. The molecule has 0 saturated heterocycles. The van der Waals surface area contributed by atoms with Gasteiger partial charge in [-0.1, -0.05) is 58.8 Å². The lowest BCUT2D eigenvalue weighted by Crippen LogP contribution is -2.74. The molecular formula is C21H28F16. The first-order valence-corrected chi connectivity index (χ1v) is 11.4. The highest BCUT2D eigenvalue weighted by Gasteiger charge is 2.94. The molecule has 0 nitrogen and oxygen atoms in total. The molecule has 16 heteroatoms. The molecule has 0 unspecified atom stereocenters. The van der Waals surface area contributed by atoms with Crippen molar-refractivity contribution in [1.82, 2.24) is 0 Å². The zero-order chi connectivity index (χ0) is 29.8. The van der Waals surface area contributed by atoms with E-state index in [0.717, 1.165) is 0 Å². The number of hydrogen-bond donors (Lipinski definition) is 0. The van der Waals surface area contributed by atoms with Crippen LogP contribution in [0.5, 0.6) is 0 Å². The molecule has 0 aromatic carbocycles. The van der Waals surface area contributed by atoms with Crippen molar-refractivity contribution in [1.29, 1.82) is 0 Å². The van der Waals surface area contributed by atoms with Gasteiger partial charge in [0.05, 0.1) is 0 Å². The lowest BCUT2D eigenvalue weighted by molar-refractivity contribution is -0.453. The van der Waals surface area contributed by atoms with E-state index in [1.165, 1.54) is 6.92 Å². The Morgan fingerprint density at radius 3 is 0.784 bits per heavy atom. The average Bonchev–Trinajstić information content (AvgIpc) is 2.75. The van der Waals surface area contributed by atoms with Crippen LogP contribution >= 0.6 is 0 Å². The summed E-state index contributed by atoms with van der Waals surface area (Å²) in [6.07, 6.45) is -5.83. The highest BCUT2D eigenvalue weighted by molar-refractivity contribution is 5.15. The third kappa shape index (κ3) is 6.38. The Bertz CT molecular complexity index is 699. The smallest absolute Gasteiger partial charge is 0.200 e. The fourth-order valence-corrected chi connectivity index (χ4v) is 3.29. The molecule has 0 fully saturated rings. The summed E-state index contributed by atoms with van der Waals surface area (Å²) in [7, 11) is 0. The van der Waals surface area contributed by atoms with Gasteiger partial charge in [0.1, 0.15) is 0 Å². The van der Waals surface area contributed by atoms with Crippen molar-refractivity contribution in [2.45, 2.75) is 132 Å². The minimum atomic E-state index is -8.33. The molecule has 0 rings (SSSR count). The molecule has 0 atom stereocenters. The maximum atomic E-state index is 13.9. The van der Waals surface area contributed by atoms with Gasteiger partial charge in [-0.15, -0.1) is 0 Å². The van der Waals surface area contributed by atoms with Crippen molar-refractivity contribution in [2.75, 3.05) is 0 Å². The van der Waals surface area contributed by atoms with Gasteiger partial charge in [0.15, 0.2) is 0 Å². The molecule has 0 N–H and O–H groups in total. The summed E-state index contributed by atoms with van der Waals surface area (Å²) in [5.41, 5.74) is 0. The van der Waals surface area contributed by atoms with E-state index in [1.807, 2.05) is 0 Å². The first-order valence-electron chi connectivity index (χ1n) is 11.4. The summed E-state index contributed by atoms with van der Waals surface area (Å²) >= 11 is 0. The van der Waals surface area contributed by atoms with Crippen molar-refractivity contribution in [3.63, 3.8) is 0 Å². The second-order valence-corrected chi connectivity index (χ2v) is 8.83. The quantitative estimate of drug-likeness (QED) is 0.111. The first-order chi connectivity index (χ1) is 16.4. The Kier molecular flexibility index (Phi) is 11.6. The third-order valence-electron chi connectivity index (χ3n) is 5.83. The monoisotopic (exact) mass is 584 g/mol. The van der Waals surface area contributed by atoms with Gasteiger partial charge >= 0.3 is 47.4 Å². The molecule has 0 aliphatic heterocycles. The SMILES string of the molecule is CCCCCCCC(F)(F)C(F)(F)C(F)(F)C(F)(F)C(F)(F)C(F)(F)C(F)(F)C(F)(F)CCCCCC. The van der Waals surface area contributed by atoms with Crippen LogP contribution in [0.1, 0.15) is 84.5 Å². The Balaban J connectivity index is 6.25. The van der Waals surface area contributed by atoms with Gasteiger partial charge in [-0.3, -0.25) is 0 Å². The van der Waals surface area contributed by atoms with Crippen LogP contribution in [-0.2, 0) is 0 Å². The molecule has 0 spiro atoms. The van der Waals surface area contributed by atoms with Gasteiger partial charge in [0.25, 0.3) is 0 Å². The van der Waals surface area contributed by atoms with Crippen LogP contribution in [-0.4, -0.2) is 47.4 Å². The lowest BCUT2D eigenvalue weighted by atomic mass is 9.86. The molecular weight excluding hydrogens is 556 g/mol. The van der Waals surface area contributed by atoms with Crippen LogP contribution in [0.25, 0.3) is 0 Å². The summed E-state index contributed by atoms with van der Waals surface area (Å²) in [5.74, 6) is -60.1. The minimum Gasteiger partial charge on any atom is -0.200 e. The Morgan fingerprint density at radius 2 is 0.514 bits per heavy atom. The normalized spacial score (nSPS) is 15.4. The van der Waals surface area contributed by atoms with Crippen LogP contribution < -0.4 is 0 Å². The third-order valence-corrected chi connectivity index (χ3v) is 5.83. The predicted octanol–water partition coefficient (Wildman–Crippen LogP) is 10.4. The van der Waals surface area contributed by atoms with Crippen molar-refractivity contribution >= 4 is 0 Å². The molecule has 0 heterocycles.